The van der Waals surface area contributed by atoms with Gasteiger partial charge in [-0.15, -0.1) is 0 Å². The van der Waals surface area contributed by atoms with Crippen LogP contribution in [0.25, 0.3) is 5.95 Å². The molecule has 2 aromatic heterocycles. The minimum atomic E-state index is 0.0815. The second-order valence-electron chi connectivity index (χ2n) is 4.71. The van der Waals surface area contributed by atoms with Crippen LogP contribution in [-0.2, 0) is 0 Å². The fourth-order valence-corrected chi connectivity index (χ4v) is 1.58. The van der Waals surface area contributed by atoms with E-state index in [1.807, 2.05) is 0 Å². The predicted molar refractivity (Wildman–Crippen MR) is 80.8 cm³/mol. The van der Waals surface area contributed by atoms with E-state index < -0.39 is 0 Å². The summed E-state index contributed by atoms with van der Waals surface area (Å²) in [4.78, 5) is 16.7. The SMILES string of the molecule is CSC(C)(C)CNc1nc(NN)nc(-n2ccnc2)n1. The van der Waals surface area contributed by atoms with E-state index in [0.29, 0.717) is 17.8 Å². The Hall–Kier alpha value is -1.87. The van der Waals surface area contributed by atoms with E-state index >= 15 is 0 Å². The van der Waals surface area contributed by atoms with E-state index in [-0.39, 0.29) is 4.75 Å². The van der Waals surface area contributed by atoms with Gasteiger partial charge in [0.15, 0.2) is 0 Å². The van der Waals surface area contributed by atoms with E-state index in [4.69, 9.17) is 5.84 Å². The van der Waals surface area contributed by atoms with Crippen LogP contribution in [0.15, 0.2) is 18.7 Å². The molecule has 0 aliphatic carbocycles. The monoisotopic (exact) mass is 294 g/mol. The lowest BCUT2D eigenvalue weighted by atomic mass is 10.2. The third kappa shape index (κ3) is 3.58. The molecule has 0 bridgehead atoms. The highest BCUT2D eigenvalue weighted by Crippen LogP contribution is 2.21. The van der Waals surface area contributed by atoms with Crippen LogP contribution in [0.1, 0.15) is 13.8 Å². The molecule has 8 nitrogen and oxygen atoms in total. The van der Waals surface area contributed by atoms with Crippen molar-refractivity contribution in [2.45, 2.75) is 18.6 Å². The number of nitrogens with two attached hydrogens (primary N) is 1. The normalized spacial score (nSPS) is 11.4. The highest BCUT2D eigenvalue weighted by atomic mass is 32.2. The number of hydrazine groups is 1. The maximum absolute atomic E-state index is 5.39. The molecule has 0 radical (unpaired) electrons. The first-order valence-corrected chi connectivity index (χ1v) is 7.26. The Morgan fingerprint density at radius 2 is 2.05 bits per heavy atom. The third-order valence-electron chi connectivity index (χ3n) is 2.71. The number of imidazole rings is 1. The van der Waals surface area contributed by atoms with Crippen molar-refractivity contribution >= 4 is 23.7 Å². The molecule has 0 aliphatic heterocycles. The summed E-state index contributed by atoms with van der Waals surface area (Å²) in [6.45, 7) is 5.01. The number of nitrogens with zero attached hydrogens (tertiary/aromatic N) is 5. The molecule has 0 spiro atoms. The molecular formula is C11H18N8S. The van der Waals surface area contributed by atoms with E-state index in [2.05, 4.69) is 50.8 Å². The molecule has 0 aliphatic rings. The smallest absolute Gasteiger partial charge is 0.243 e. The van der Waals surface area contributed by atoms with Crippen molar-refractivity contribution in [3.8, 4) is 5.95 Å². The lowest BCUT2D eigenvalue weighted by Gasteiger charge is -2.22. The Labute approximate surface area is 121 Å². The summed E-state index contributed by atoms with van der Waals surface area (Å²) in [6.07, 6.45) is 7.10. The molecule has 108 valence electrons. The number of rotatable bonds is 6. The summed E-state index contributed by atoms with van der Waals surface area (Å²) < 4.78 is 1.77. The number of hydrogen-bond acceptors (Lipinski definition) is 8. The van der Waals surface area contributed by atoms with Gasteiger partial charge in [-0.25, -0.2) is 10.8 Å². The summed E-state index contributed by atoms with van der Waals surface area (Å²) in [5.74, 6) is 6.61. The highest BCUT2D eigenvalue weighted by Gasteiger charge is 2.16. The number of nitrogen functional groups attached to an aromatic ring is 1. The number of thioether (sulfide) groups is 1. The minimum Gasteiger partial charge on any atom is -0.353 e. The van der Waals surface area contributed by atoms with Crippen molar-refractivity contribution in [1.29, 1.82) is 0 Å². The lowest BCUT2D eigenvalue weighted by molar-refractivity contribution is 0.744. The largest absolute Gasteiger partial charge is 0.353 e. The van der Waals surface area contributed by atoms with E-state index in [9.17, 15) is 0 Å². The topological polar surface area (TPSA) is 107 Å². The molecule has 0 fully saturated rings. The van der Waals surface area contributed by atoms with Crippen molar-refractivity contribution in [2.75, 3.05) is 23.5 Å². The Morgan fingerprint density at radius 3 is 2.65 bits per heavy atom. The first-order valence-electron chi connectivity index (χ1n) is 6.04. The molecule has 2 rings (SSSR count). The molecule has 20 heavy (non-hydrogen) atoms. The Morgan fingerprint density at radius 1 is 1.30 bits per heavy atom. The van der Waals surface area contributed by atoms with Crippen LogP contribution in [0.4, 0.5) is 11.9 Å². The number of aromatic nitrogens is 5. The first kappa shape index (κ1) is 14.5. The molecule has 2 aromatic rings. The predicted octanol–water partition coefficient (Wildman–Crippen LogP) is 0.896. The van der Waals surface area contributed by atoms with Gasteiger partial charge in [-0.3, -0.25) is 9.99 Å². The first-order chi connectivity index (χ1) is 9.54. The average molecular weight is 294 g/mol. The van der Waals surface area contributed by atoms with Gasteiger partial charge in [0.25, 0.3) is 0 Å². The summed E-state index contributed by atoms with van der Waals surface area (Å²) in [5, 5.41) is 3.20. The van der Waals surface area contributed by atoms with E-state index in [1.54, 1.807) is 35.0 Å². The molecular weight excluding hydrogens is 276 g/mol. The summed E-state index contributed by atoms with van der Waals surface area (Å²) in [7, 11) is 0. The molecule has 0 amide bonds. The summed E-state index contributed by atoms with van der Waals surface area (Å²) in [6, 6.07) is 0. The van der Waals surface area contributed by atoms with Gasteiger partial charge in [0.05, 0.1) is 0 Å². The molecule has 0 saturated carbocycles. The van der Waals surface area contributed by atoms with Crippen molar-refractivity contribution in [1.82, 2.24) is 24.5 Å². The van der Waals surface area contributed by atoms with Crippen molar-refractivity contribution in [2.24, 2.45) is 5.84 Å². The van der Waals surface area contributed by atoms with E-state index in [1.165, 1.54) is 0 Å². The fraction of sp³-hybridized carbons (Fsp3) is 0.455. The van der Waals surface area contributed by atoms with Crippen LogP contribution in [0.3, 0.4) is 0 Å². The second kappa shape index (κ2) is 6.06. The zero-order valence-electron chi connectivity index (χ0n) is 11.7. The van der Waals surface area contributed by atoms with Gasteiger partial charge in [-0.2, -0.15) is 26.7 Å². The Kier molecular flexibility index (Phi) is 4.40. The van der Waals surface area contributed by atoms with Crippen molar-refractivity contribution in [3.05, 3.63) is 18.7 Å². The molecule has 0 aromatic carbocycles. The summed E-state index contributed by atoms with van der Waals surface area (Å²) in [5.41, 5.74) is 2.44. The fourth-order valence-electron chi connectivity index (χ4n) is 1.37. The molecule has 4 N–H and O–H groups in total. The van der Waals surface area contributed by atoms with E-state index in [0.717, 1.165) is 6.54 Å². The quantitative estimate of drug-likeness (QED) is 0.533. The minimum absolute atomic E-state index is 0.0815. The number of nitrogens with one attached hydrogen (secondary N) is 2. The van der Waals surface area contributed by atoms with Crippen LogP contribution < -0.4 is 16.6 Å². The second-order valence-corrected chi connectivity index (χ2v) is 6.23. The van der Waals surface area contributed by atoms with Crippen molar-refractivity contribution in [3.63, 3.8) is 0 Å². The third-order valence-corrected chi connectivity index (χ3v) is 3.96. The Bertz CT molecular complexity index is 554. The van der Waals surface area contributed by atoms with Gasteiger partial charge in [-0.05, 0) is 20.1 Å². The maximum atomic E-state index is 5.39. The van der Waals surface area contributed by atoms with Crippen LogP contribution in [0, 0.1) is 0 Å². The van der Waals surface area contributed by atoms with Gasteiger partial charge in [0.2, 0.25) is 17.8 Å². The van der Waals surface area contributed by atoms with Crippen LogP contribution >= 0.6 is 11.8 Å². The number of hydrogen-bond donors (Lipinski definition) is 3. The van der Waals surface area contributed by atoms with Crippen LogP contribution in [0.5, 0.6) is 0 Å². The van der Waals surface area contributed by atoms with Crippen LogP contribution in [-0.4, -0.2) is 42.1 Å². The van der Waals surface area contributed by atoms with Crippen LogP contribution in [0.2, 0.25) is 0 Å². The zero-order chi connectivity index (χ0) is 14.6. The molecule has 0 unspecified atom stereocenters. The van der Waals surface area contributed by atoms with Gasteiger partial charge in [0.1, 0.15) is 6.33 Å². The summed E-state index contributed by atoms with van der Waals surface area (Å²) >= 11 is 1.77. The van der Waals surface area contributed by atoms with Gasteiger partial charge < -0.3 is 5.32 Å². The highest BCUT2D eigenvalue weighted by molar-refractivity contribution is 7.99. The molecule has 9 heteroatoms. The van der Waals surface area contributed by atoms with Gasteiger partial charge >= 0.3 is 0 Å². The zero-order valence-corrected chi connectivity index (χ0v) is 12.5. The van der Waals surface area contributed by atoms with Gasteiger partial charge in [0, 0.05) is 23.7 Å². The Balaban J connectivity index is 2.23. The molecule has 0 atom stereocenters. The standard InChI is InChI=1S/C11H18N8S/c1-11(2,20-3)6-14-8-15-9(18-12)17-10(16-8)19-5-4-13-7-19/h4-5,7H,6,12H2,1-3H3,(H2,14,15,16,17,18). The van der Waals surface area contributed by atoms with Gasteiger partial charge in [-0.1, -0.05) is 0 Å². The molecule has 0 saturated heterocycles. The lowest BCUT2D eigenvalue weighted by Crippen LogP contribution is -2.27. The average Bonchev–Trinajstić information content (AvgIpc) is 2.99. The molecule has 2 heterocycles. The van der Waals surface area contributed by atoms with Crippen molar-refractivity contribution < 1.29 is 0 Å². The number of anilines is 2. The maximum Gasteiger partial charge on any atom is 0.243 e.